The first-order valence-electron chi connectivity index (χ1n) is 19.2. The highest BCUT2D eigenvalue weighted by atomic mass is 19.1. The van der Waals surface area contributed by atoms with Gasteiger partial charge >= 0.3 is 12.1 Å². The number of rotatable bonds is 7. The number of aliphatic hydroxyl groups excluding tert-OH is 1. The zero-order valence-electron chi connectivity index (χ0n) is 31.9. The van der Waals surface area contributed by atoms with Gasteiger partial charge in [-0.05, 0) is 79.3 Å². The van der Waals surface area contributed by atoms with Crippen molar-refractivity contribution >= 4 is 35.4 Å². The predicted molar refractivity (Wildman–Crippen MR) is 207 cm³/mol. The van der Waals surface area contributed by atoms with E-state index in [0.29, 0.717) is 82.0 Å². The smallest absolute Gasteiger partial charge is 0.410 e. The lowest BCUT2D eigenvalue weighted by Crippen LogP contribution is -2.49. The zero-order valence-corrected chi connectivity index (χ0v) is 31.9. The Bertz CT molecular complexity index is 1810. The van der Waals surface area contributed by atoms with E-state index in [0.717, 1.165) is 5.69 Å². The van der Waals surface area contributed by atoms with E-state index in [1.165, 1.54) is 12.1 Å². The number of nitrogens with zero attached hydrogens (tertiary/aromatic N) is 7. The lowest BCUT2D eigenvalue weighted by atomic mass is 9.91. The van der Waals surface area contributed by atoms with Gasteiger partial charge in [0.05, 0.1) is 12.5 Å². The third-order valence-corrected chi connectivity index (χ3v) is 10.7. The number of cyclic esters (lactones) is 1. The van der Waals surface area contributed by atoms with Crippen LogP contribution in [0.2, 0.25) is 0 Å². The van der Waals surface area contributed by atoms with Gasteiger partial charge in [0.2, 0.25) is 5.91 Å². The van der Waals surface area contributed by atoms with Crippen LogP contribution < -0.4 is 9.80 Å². The molecule has 0 spiro atoms. The molecule has 2 fully saturated rings. The lowest BCUT2D eigenvalue weighted by Gasteiger charge is -2.36. The minimum Gasteiger partial charge on any atom is -0.457 e. The van der Waals surface area contributed by atoms with Gasteiger partial charge in [-0.3, -0.25) is 19.3 Å². The van der Waals surface area contributed by atoms with Crippen LogP contribution in [0.15, 0.2) is 78.9 Å². The average Bonchev–Trinajstić information content (AvgIpc) is 3.70. The number of halogens is 1. The first kappa shape index (κ1) is 39.5. The van der Waals surface area contributed by atoms with E-state index in [4.69, 9.17) is 9.47 Å². The summed E-state index contributed by atoms with van der Waals surface area (Å²) in [6.45, 7) is 10.4. The Balaban J connectivity index is 1.13. The Morgan fingerprint density at radius 1 is 0.927 bits per heavy atom. The van der Waals surface area contributed by atoms with Crippen molar-refractivity contribution in [3.63, 3.8) is 0 Å². The van der Waals surface area contributed by atoms with Gasteiger partial charge in [-0.15, -0.1) is 0 Å². The standard InChI is InChI=1S/C41H52FN7O6/c1-29-5-7-36(50)27-39(52)55-40(30(2)6-8-37(29)54-41(53)48-21-17-45(18-22-48)34-9-12-43-13-10-34)31(3)23-32-24-33(42)26-35(25-32)46-15-19-47(20-16-46)38(51)28-49-14-4-11-44-49/h4,6,8-14,23-26,29-30,36-37,40,50H,5,7,15-22,27-28H2,1-3H3/b8-6+,31-23+/t29-,30-,36+,37-,40-/m0/s1. The molecule has 13 nitrogen and oxygen atoms in total. The molecule has 0 unspecified atom stereocenters. The molecular weight excluding hydrogens is 705 g/mol. The van der Waals surface area contributed by atoms with Crippen LogP contribution in [0.3, 0.4) is 0 Å². The van der Waals surface area contributed by atoms with Gasteiger partial charge in [0, 0.05) is 94.4 Å². The number of carbonyl (C=O) groups is 3. The summed E-state index contributed by atoms with van der Waals surface area (Å²) in [6.07, 6.45) is 10.6. The zero-order chi connectivity index (χ0) is 38.9. The van der Waals surface area contributed by atoms with Crippen molar-refractivity contribution in [1.29, 1.82) is 0 Å². The third-order valence-electron chi connectivity index (χ3n) is 10.7. The maximum absolute atomic E-state index is 15.1. The quantitative estimate of drug-likeness (QED) is 0.265. The molecular formula is C41H52FN7O6. The molecule has 0 aliphatic carbocycles. The number of piperazine rings is 2. The second-order valence-electron chi connectivity index (χ2n) is 14.8. The van der Waals surface area contributed by atoms with E-state index < -0.39 is 30.1 Å². The van der Waals surface area contributed by atoms with Crippen LogP contribution in [0.4, 0.5) is 20.6 Å². The Morgan fingerprint density at radius 3 is 2.31 bits per heavy atom. The molecule has 2 amide bonds. The SMILES string of the molecule is C/C(=C\c1cc(F)cc(N2CCN(C(=O)Cn3cccn3)CC2)c1)[C@H]1OC(=O)C[C@H](O)CC[C@H](C)[C@@H](OC(=O)N2CCN(c3ccncc3)CC2)/C=C/[C@@H]1C. The maximum Gasteiger partial charge on any atom is 0.410 e. The van der Waals surface area contributed by atoms with Crippen molar-refractivity contribution in [1.82, 2.24) is 24.6 Å². The van der Waals surface area contributed by atoms with Crippen LogP contribution in [0.25, 0.3) is 6.08 Å². The molecule has 1 N–H and O–H groups in total. The number of ether oxygens (including phenoxy) is 2. The molecule has 5 atom stereocenters. The summed E-state index contributed by atoms with van der Waals surface area (Å²) in [4.78, 5) is 51.1. The summed E-state index contributed by atoms with van der Waals surface area (Å²) in [7, 11) is 0. The van der Waals surface area contributed by atoms with Crippen molar-refractivity contribution in [3.05, 3.63) is 90.3 Å². The molecule has 294 valence electrons. The number of esters is 1. The molecule has 0 bridgehead atoms. The molecule has 5 heterocycles. The second-order valence-corrected chi connectivity index (χ2v) is 14.8. The highest BCUT2D eigenvalue weighted by Gasteiger charge is 2.30. The van der Waals surface area contributed by atoms with Gasteiger partial charge in [-0.1, -0.05) is 26.0 Å². The minimum absolute atomic E-state index is 0.0149. The number of amides is 2. The number of aromatic nitrogens is 3. The van der Waals surface area contributed by atoms with Crippen LogP contribution in [-0.4, -0.2) is 118 Å². The monoisotopic (exact) mass is 757 g/mol. The molecule has 2 aromatic heterocycles. The molecule has 3 aliphatic heterocycles. The number of pyridine rings is 1. The van der Waals surface area contributed by atoms with Crippen molar-refractivity contribution in [2.45, 2.75) is 64.9 Å². The summed E-state index contributed by atoms with van der Waals surface area (Å²) < 4.78 is 28.8. The van der Waals surface area contributed by atoms with E-state index in [-0.39, 0.29) is 36.8 Å². The largest absolute Gasteiger partial charge is 0.457 e. The topological polar surface area (TPSA) is 134 Å². The van der Waals surface area contributed by atoms with Gasteiger partial charge in [0.25, 0.3) is 0 Å². The Labute approximate surface area is 322 Å². The van der Waals surface area contributed by atoms with E-state index >= 15 is 4.39 Å². The fraction of sp³-hybridized carbons (Fsp3) is 0.488. The molecule has 3 aliphatic rings. The first-order chi connectivity index (χ1) is 26.5. The average molecular weight is 758 g/mol. The number of anilines is 2. The summed E-state index contributed by atoms with van der Waals surface area (Å²) >= 11 is 0. The highest BCUT2D eigenvalue weighted by Crippen LogP contribution is 2.28. The number of hydrogen-bond acceptors (Lipinski definition) is 10. The Kier molecular flexibility index (Phi) is 13.2. The van der Waals surface area contributed by atoms with Crippen molar-refractivity contribution in [3.8, 4) is 0 Å². The summed E-state index contributed by atoms with van der Waals surface area (Å²) in [6, 6.07) is 10.5. The molecule has 55 heavy (non-hydrogen) atoms. The van der Waals surface area contributed by atoms with Gasteiger partial charge in [0.1, 0.15) is 24.6 Å². The molecule has 2 saturated heterocycles. The Hall–Kier alpha value is -5.24. The fourth-order valence-corrected chi connectivity index (χ4v) is 7.40. The van der Waals surface area contributed by atoms with Gasteiger partial charge in [-0.2, -0.15) is 5.10 Å². The lowest BCUT2D eigenvalue weighted by molar-refractivity contribution is -0.151. The van der Waals surface area contributed by atoms with E-state index in [9.17, 15) is 19.5 Å². The highest BCUT2D eigenvalue weighted by molar-refractivity contribution is 5.76. The summed E-state index contributed by atoms with van der Waals surface area (Å²) in [5.74, 6) is -1.40. The van der Waals surface area contributed by atoms with E-state index in [1.807, 2.05) is 57.2 Å². The van der Waals surface area contributed by atoms with Crippen LogP contribution >= 0.6 is 0 Å². The first-order valence-corrected chi connectivity index (χ1v) is 19.2. The molecule has 14 heteroatoms. The maximum atomic E-state index is 15.1. The van der Waals surface area contributed by atoms with Gasteiger partial charge < -0.3 is 34.2 Å². The van der Waals surface area contributed by atoms with Gasteiger partial charge in [0.15, 0.2) is 0 Å². The van der Waals surface area contributed by atoms with E-state index in [2.05, 4.69) is 19.9 Å². The Morgan fingerprint density at radius 2 is 1.62 bits per heavy atom. The number of hydrogen-bond donors (Lipinski definition) is 1. The normalized spacial score (nSPS) is 25.1. The molecule has 0 saturated carbocycles. The summed E-state index contributed by atoms with van der Waals surface area (Å²) in [5, 5.41) is 14.9. The van der Waals surface area contributed by atoms with Crippen LogP contribution in [-0.2, 0) is 25.6 Å². The predicted octanol–water partition coefficient (Wildman–Crippen LogP) is 4.78. The fourth-order valence-electron chi connectivity index (χ4n) is 7.40. The van der Waals surface area contributed by atoms with Crippen molar-refractivity contribution in [2.24, 2.45) is 11.8 Å². The van der Waals surface area contributed by atoms with Crippen LogP contribution in [0.5, 0.6) is 0 Å². The van der Waals surface area contributed by atoms with Crippen molar-refractivity contribution in [2.75, 3.05) is 62.2 Å². The third kappa shape index (κ3) is 10.7. The second kappa shape index (κ2) is 18.4. The molecule has 0 radical (unpaired) electrons. The van der Waals surface area contributed by atoms with Crippen LogP contribution in [0.1, 0.15) is 45.6 Å². The van der Waals surface area contributed by atoms with Crippen molar-refractivity contribution < 1.29 is 33.4 Å². The minimum atomic E-state index is -0.914. The van der Waals surface area contributed by atoms with Gasteiger partial charge in [-0.25, -0.2) is 9.18 Å². The number of carbonyl (C=O) groups excluding carboxylic acids is 3. The number of benzene rings is 1. The molecule has 6 rings (SSSR count). The molecule has 3 aromatic rings. The molecule has 1 aromatic carbocycles. The number of aliphatic hydroxyl groups is 1. The van der Waals surface area contributed by atoms with Crippen LogP contribution in [0, 0.1) is 17.7 Å². The summed E-state index contributed by atoms with van der Waals surface area (Å²) in [5.41, 5.74) is 3.06. The van der Waals surface area contributed by atoms with E-state index in [1.54, 1.807) is 45.3 Å².